The number of hydrogen-bond donors (Lipinski definition) is 2. The molecule has 4 rings (SSSR count). The Morgan fingerprint density at radius 2 is 2.23 bits per heavy atom. The van der Waals surface area contributed by atoms with Crippen LogP contribution in [0.1, 0.15) is 31.6 Å². The number of ether oxygens (including phenoxy) is 1. The number of imidazole rings is 1. The quantitative estimate of drug-likeness (QED) is 0.558. The molecule has 1 unspecified atom stereocenters. The van der Waals surface area contributed by atoms with Gasteiger partial charge in [-0.3, -0.25) is 4.98 Å². The smallest absolute Gasteiger partial charge is 0.378 e. The molecule has 2 aromatic heterocycles. The number of nitrogens with zero attached hydrogens (tertiary/aromatic N) is 4. The van der Waals surface area contributed by atoms with Crippen molar-refractivity contribution < 1.29 is 23.2 Å². The highest BCUT2D eigenvalue weighted by Crippen LogP contribution is 2.34. The molecule has 3 heterocycles. The molecule has 1 fully saturated rings. The van der Waals surface area contributed by atoms with Gasteiger partial charge in [-0.2, -0.15) is 13.2 Å². The van der Waals surface area contributed by atoms with Crippen LogP contribution >= 0.6 is 11.6 Å². The second-order valence-electron chi connectivity index (χ2n) is 7.51. The van der Waals surface area contributed by atoms with Crippen molar-refractivity contribution in [2.75, 3.05) is 6.61 Å². The van der Waals surface area contributed by atoms with Gasteiger partial charge in [-0.05, 0) is 38.0 Å². The van der Waals surface area contributed by atoms with Crippen molar-refractivity contribution >= 4 is 33.5 Å². The number of fused-ring (bicyclic) bond motifs is 3. The fourth-order valence-electron chi connectivity index (χ4n) is 4.01. The molecule has 31 heavy (non-hydrogen) atoms. The normalized spacial score (nSPS) is 20.5. The first kappa shape index (κ1) is 21.7. The van der Waals surface area contributed by atoms with Crippen molar-refractivity contribution in [3.63, 3.8) is 0 Å². The van der Waals surface area contributed by atoms with E-state index in [2.05, 4.69) is 19.6 Å². The van der Waals surface area contributed by atoms with Crippen LogP contribution in [0.2, 0.25) is 5.02 Å². The molecule has 0 saturated carbocycles. The van der Waals surface area contributed by atoms with E-state index < -0.39 is 11.9 Å². The van der Waals surface area contributed by atoms with Crippen molar-refractivity contribution in [1.82, 2.24) is 14.5 Å². The van der Waals surface area contributed by atoms with E-state index in [1.165, 1.54) is 5.32 Å². The zero-order chi connectivity index (χ0) is 22.2. The third-order valence-corrected chi connectivity index (χ3v) is 5.60. The van der Waals surface area contributed by atoms with E-state index in [4.69, 9.17) is 21.9 Å². The summed E-state index contributed by atoms with van der Waals surface area (Å²) in [5.74, 6) is 0.617. The predicted molar refractivity (Wildman–Crippen MR) is 109 cm³/mol. The number of alkyl halides is 3. The van der Waals surface area contributed by atoms with Crippen LogP contribution < -0.4 is 5.32 Å². The monoisotopic (exact) mass is 453 g/mol. The van der Waals surface area contributed by atoms with Gasteiger partial charge in [0.2, 0.25) is 5.70 Å². The number of aromatic nitrogens is 3. The first-order chi connectivity index (χ1) is 14.8. The summed E-state index contributed by atoms with van der Waals surface area (Å²) in [4.78, 5) is 9.12. The molecule has 1 aliphatic heterocycles. The number of nitrogens with two attached hydrogens (primary N) is 1. The highest BCUT2D eigenvalue weighted by molar-refractivity contribution is 6.31. The Balaban J connectivity index is 1.81. The van der Waals surface area contributed by atoms with Crippen LogP contribution in [-0.4, -0.2) is 33.4 Å². The molecule has 7 nitrogen and oxygen atoms in total. The zero-order valence-electron chi connectivity index (χ0n) is 16.7. The number of pyridine rings is 1. The van der Waals surface area contributed by atoms with E-state index in [0.29, 0.717) is 23.0 Å². The van der Waals surface area contributed by atoms with Gasteiger partial charge in [-0.25, -0.2) is 10.5 Å². The Labute approximate surface area is 180 Å². The number of quaternary nitrogens is 1. The Hall–Kier alpha value is -2.56. The summed E-state index contributed by atoms with van der Waals surface area (Å²) in [6.07, 6.45) is -0.608. The summed E-state index contributed by atoms with van der Waals surface area (Å²) in [6.45, 7) is 2.74. The van der Waals surface area contributed by atoms with Crippen molar-refractivity contribution in [2.45, 2.75) is 44.6 Å². The molecule has 3 N–H and O–H groups in total. The molecule has 11 heteroatoms. The number of halogens is 4. The summed E-state index contributed by atoms with van der Waals surface area (Å²) in [5.41, 5.74) is 7.81. The van der Waals surface area contributed by atoms with E-state index in [-0.39, 0.29) is 18.7 Å². The maximum absolute atomic E-state index is 12.9. The topological polar surface area (TPSA) is 92.8 Å². The average molecular weight is 454 g/mol. The number of rotatable bonds is 5. The largest absolute Gasteiger partial charge is 0.440 e. The van der Waals surface area contributed by atoms with E-state index >= 15 is 0 Å². The minimum atomic E-state index is -4.68. The van der Waals surface area contributed by atoms with E-state index in [9.17, 15) is 13.2 Å². The standard InChI is InChI=1S/C20H20ClF3N6O/c1-11-6-13(4-5-31-11)30-18(10-26-9-17(29-25)20(22,23)24)28-16-8-27-15-3-2-12(21)7-14(15)19(16)30/h2-3,7-9,11,13,25-26H,4-6,10H2,1H3/p+1/b17-9-,29-25?/t11-,13?/m1/s1. The maximum atomic E-state index is 12.9. The van der Waals surface area contributed by atoms with Gasteiger partial charge in [0, 0.05) is 23.1 Å². The van der Waals surface area contributed by atoms with Crippen molar-refractivity contribution in [3.8, 4) is 0 Å². The van der Waals surface area contributed by atoms with Gasteiger partial charge in [0.1, 0.15) is 18.3 Å². The summed E-state index contributed by atoms with van der Waals surface area (Å²) < 4.78 is 46.4. The SMILES string of the molecule is C[C@@H]1CC(n2c(C[NH2+]/C=C(\N=N)C(F)(F)F)nc3cnc4ccc(Cl)cc4c32)CCO1. The molecule has 2 atom stereocenters. The van der Waals surface area contributed by atoms with Gasteiger partial charge in [0.25, 0.3) is 0 Å². The lowest BCUT2D eigenvalue weighted by molar-refractivity contribution is -0.607. The summed E-state index contributed by atoms with van der Waals surface area (Å²) in [6, 6.07) is 5.51. The molecule has 1 aliphatic rings. The average Bonchev–Trinajstić information content (AvgIpc) is 3.09. The maximum Gasteiger partial charge on any atom is 0.440 e. The van der Waals surface area contributed by atoms with Gasteiger partial charge < -0.3 is 14.6 Å². The second-order valence-corrected chi connectivity index (χ2v) is 7.95. The Kier molecular flexibility index (Phi) is 5.96. The van der Waals surface area contributed by atoms with Crippen molar-refractivity contribution in [2.24, 2.45) is 5.11 Å². The van der Waals surface area contributed by atoms with Crippen molar-refractivity contribution in [3.05, 3.63) is 47.1 Å². The highest BCUT2D eigenvalue weighted by Gasteiger charge is 2.35. The van der Waals surface area contributed by atoms with Crippen LogP contribution in [-0.2, 0) is 11.3 Å². The summed E-state index contributed by atoms with van der Waals surface area (Å²) in [5, 5.41) is 5.34. The fourth-order valence-corrected chi connectivity index (χ4v) is 4.19. The summed E-state index contributed by atoms with van der Waals surface area (Å²) in [7, 11) is 0. The third kappa shape index (κ3) is 4.41. The minimum Gasteiger partial charge on any atom is -0.378 e. The number of hydrogen-bond acceptors (Lipinski definition) is 5. The lowest BCUT2D eigenvalue weighted by atomic mass is 10.0. The van der Waals surface area contributed by atoms with Crippen LogP contribution in [0.15, 0.2) is 41.4 Å². The van der Waals surface area contributed by atoms with E-state index in [1.807, 2.05) is 19.1 Å². The van der Waals surface area contributed by atoms with E-state index in [0.717, 1.165) is 35.5 Å². The van der Waals surface area contributed by atoms with Crippen molar-refractivity contribution in [1.29, 1.82) is 5.53 Å². The first-order valence-corrected chi connectivity index (χ1v) is 10.2. The van der Waals surface area contributed by atoms with Crippen LogP contribution in [0.4, 0.5) is 13.2 Å². The molecule has 0 bridgehead atoms. The number of allylic oxidation sites excluding steroid dienone is 1. The molecular formula is C20H21ClF3N6O+. The molecule has 0 spiro atoms. The Morgan fingerprint density at radius 1 is 1.42 bits per heavy atom. The Bertz CT molecular complexity index is 1160. The zero-order valence-corrected chi connectivity index (χ0v) is 17.4. The predicted octanol–water partition coefficient (Wildman–Crippen LogP) is 4.48. The lowest BCUT2D eigenvalue weighted by Crippen LogP contribution is -2.77. The lowest BCUT2D eigenvalue weighted by Gasteiger charge is -2.29. The molecule has 0 aliphatic carbocycles. The first-order valence-electron chi connectivity index (χ1n) is 9.82. The minimum absolute atomic E-state index is 0.0589. The van der Waals surface area contributed by atoms with Gasteiger partial charge in [-0.1, -0.05) is 11.6 Å². The molecule has 0 amide bonds. The molecule has 1 saturated heterocycles. The molecule has 164 valence electrons. The summed E-state index contributed by atoms with van der Waals surface area (Å²) >= 11 is 6.24. The van der Waals surface area contributed by atoms with Crippen LogP contribution in [0.3, 0.4) is 0 Å². The van der Waals surface area contributed by atoms with Crippen LogP contribution in [0.25, 0.3) is 21.9 Å². The van der Waals surface area contributed by atoms with E-state index in [1.54, 1.807) is 12.3 Å². The Morgan fingerprint density at radius 3 is 2.94 bits per heavy atom. The van der Waals surface area contributed by atoms with Crippen LogP contribution in [0, 0.1) is 5.53 Å². The number of benzene rings is 1. The molecule has 3 aromatic rings. The van der Waals surface area contributed by atoms with Gasteiger partial charge in [-0.15, -0.1) is 5.11 Å². The highest BCUT2D eigenvalue weighted by atomic mass is 35.5. The third-order valence-electron chi connectivity index (χ3n) is 5.36. The van der Waals surface area contributed by atoms with Crippen LogP contribution in [0.5, 0.6) is 0 Å². The fraction of sp³-hybridized carbons (Fsp3) is 0.400. The van der Waals surface area contributed by atoms with Gasteiger partial charge >= 0.3 is 6.18 Å². The van der Waals surface area contributed by atoms with Gasteiger partial charge in [0.05, 0.1) is 23.3 Å². The molecule has 0 radical (unpaired) electrons. The number of nitrogens with one attached hydrogen (secondary N) is 1. The second kappa shape index (κ2) is 8.52. The molecular weight excluding hydrogens is 433 g/mol. The van der Waals surface area contributed by atoms with Gasteiger partial charge in [0.15, 0.2) is 5.82 Å². The molecule has 1 aromatic carbocycles.